The van der Waals surface area contributed by atoms with Crippen LogP contribution < -0.4 is 10.1 Å². The molecule has 0 aliphatic carbocycles. The SMILES string of the molecule is COC(=O)CNCc1cc(C)c(C)cc1OC. The summed E-state index contributed by atoms with van der Waals surface area (Å²) in [6.45, 7) is 4.88. The average molecular weight is 237 g/mol. The van der Waals surface area contributed by atoms with Gasteiger partial charge in [-0.05, 0) is 31.0 Å². The third-order valence-electron chi connectivity index (χ3n) is 2.71. The van der Waals surface area contributed by atoms with E-state index in [1.807, 2.05) is 13.0 Å². The molecule has 0 aliphatic heterocycles. The lowest BCUT2D eigenvalue weighted by Crippen LogP contribution is -2.23. The lowest BCUT2D eigenvalue weighted by atomic mass is 10.0. The molecule has 0 saturated carbocycles. The number of ether oxygens (including phenoxy) is 2. The molecule has 0 fully saturated rings. The Bertz CT molecular complexity index is 402. The van der Waals surface area contributed by atoms with E-state index in [0.717, 1.165) is 11.3 Å². The molecule has 0 heterocycles. The van der Waals surface area contributed by atoms with Crippen LogP contribution in [0, 0.1) is 13.8 Å². The summed E-state index contributed by atoms with van der Waals surface area (Å²) >= 11 is 0. The molecule has 94 valence electrons. The van der Waals surface area contributed by atoms with Gasteiger partial charge in [0.25, 0.3) is 0 Å². The van der Waals surface area contributed by atoms with Crippen LogP contribution in [-0.2, 0) is 16.1 Å². The smallest absolute Gasteiger partial charge is 0.319 e. The van der Waals surface area contributed by atoms with E-state index in [1.165, 1.54) is 18.2 Å². The van der Waals surface area contributed by atoms with E-state index in [9.17, 15) is 4.79 Å². The number of carbonyl (C=O) groups excluding carboxylic acids is 1. The van der Waals surface area contributed by atoms with Crippen LogP contribution in [0.15, 0.2) is 12.1 Å². The van der Waals surface area contributed by atoms with Crippen molar-refractivity contribution in [2.45, 2.75) is 20.4 Å². The minimum Gasteiger partial charge on any atom is -0.496 e. The van der Waals surface area contributed by atoms with E-state index < -0.39 is 0 Å². The van der Waals surface area contributed by atoms with Crippen molar-refractivity contribution in [3.63, 3.8) is 0 Å². The van der Waals surface area contributed by atoms with Crippen LogP contribution in [0.25, 0.3) is 0 Å². The van der Waals surface area contributed by atoms with Gasteiger partial charge in [-0.15, -0.1) is 0 Å². The number of hydrogen-bond donors (Lipinski definition) is 1. The molecule has 0 spiro atoms. The summed E-state index contributed by atoms with van der Waals surface area (Å²) in [5, 5.41) is 3.02. The Morgan fingerprint density at radius 2 is 1.88 bits per heavy atom. The second-order valence-corrected chi connectivity index (χ2v) is 3.93. The van der Waals surface area contributed by atoms with E-state index in [1.54, 1.807) is 7.11 Å². The van der Waals surface area contributed by atoms with Crippen LogP contribution >= 0.6 is 0 Å². The Labute approximate surface area is 102 Å². The molecular formula is C13H19NO3. The van der Waals surface area contributed by atoms with Gasteiger partial charge < -0.3 is 14.8 Å². The predicted molar refractivity (Wildman–Crippen MR) is 66.2 cm³/mol. The highest BCUT2D eigenvalue weighted by atomic mass is 16.5. The van der Waals surface area contributed by atoms with Gasteiger partial charge in [-0.1, -0.05) is 6.07 Å². The first-order valence-corrected chi connectivity index (χ1v) is 5.50. The van der Waals surface area contributed by atoms with Gasteiger partial charge in [0.15, 0.2) is 0 Å². The number of aryl methyl sites for hydroxylation is 2. The quantitative estimate of drug-likeness (QED) is 0.790. The van der Waals surface area contributed by atoms with Crippen molar-refractivity contribution < 1.29 is 14.3 Å². The Kier molecular flexibility index (Phi) is 4.97. The van der Waals surface area contributed by atoms with Crippen molar-refractivity contribution in [3.05, 3.63) is 28.8 Å². The van der Waals surface area contributed by atoms with Gasteiger partial charge in [0.05, 0.1) is 20.8 Å². The molecule has 0 bridgehead atoms. The van der Waals surface area contributed by atoms with E-state index in [4.69, 9.17) is 4.74 Å². The van der Waals surface area contributed by atoms with Crippen LogP contribution in [0.3, 0.4) is 0 Å². The normalized spacial score (nSPS) is 10.1. The Hall–Kier alpha value is -1.55. The number of nitrogens with one attached hydrogen (secondary N) is 1. The van der Waals surface area contributed by atoms with Crippen molar-refractivity contribution in [1.29, 1.82) is 0 Å². The van der Waals surface area contributed by atoms with Crippen molar-refractivity contribution in [2.75, 3.05) is 20.8 Å². The number of carbonyl (C=O) groups is 1. The van der Waals surface area contributed by atoms with Crippen LogP contribution in [0.2, 0.25) is 0 Å². The van der Waals surface area contributed by atoms with Gasteiger partial charge in [0.2, 0.25) is 0 Å². The number of hydrogen-bond acceptors (Lipinski definition) is 4. The van der Waals surface area contributed by atoms with Crippen LogP contribution in [-0.4, -0.2) is 26.7 Å². The summed E-state index contributed by atoms with van der Waals surface area (Å²) in [6, 6.07) is 4.07. The average Bonchev–Trinajstić information content (AvgIpc) is 2.32. The highest BCUT2D eigenvalue weighted by Crippen LogP contribution is 2.22. The maximum absolute atomic E-state index is 11.0. The Morgan fingerprint density at radius 1 is 1.24 bits per heavy atom. The summed E-state index contributed by atoms with van der Waals surface area (Å²) in [4.78, 5) is 11.0. The Balaban J connectivity index is 2.69. The second kappa shape index (κ2) is 6.25. The summed E-state index contributed by atoms with van der Waals surface area (Å²) in [5.41, 5.74) is 3.44. The van der Waals surface area contributed by atoms with Gasteiger partial charge in [-0.3, -0.25) is 4.79 Å². The molecule has 0 atom stereocenters. The molecule has 0 radical (unpaired) electrons. The molecule has 4 heteroatoms. The fourth-order valence-corrected chi connectivity index (χ4v) is 1.55. The fourth-order valence-electron chi connectivity index (χ4n) is 1.55. The molecule has 0 amide bonds. The van der Waals surface area contributed by atoms with Crippen molar-refractivity contribution in [1.82, 2.24) is 5.32 Å². The maximum Gasteiger partial charge on any atom is 0.319 e. The molecule has 0 saturated heterocycles. The first-order chi connectivity index (χ1) is 8.08. The van der Waals surface area contributed by atoms with Gasteiger partial charge in [-0.2, -0.15) is 0 Å². The van der Waals surface area contributed by atoms with Gasteiger partial charge in [0, 0.05) is 12.1 Å². The predicted octanol–water partition coefficient (Wildman–Crippen LogP) is 1.57. The van der Waals surface area contributed by atoms with E-state index in [-0.39, 0.29) is 12.5 Å². The summed E-state index contributed by atoms with van der Waals surface area (Å²) in [7, 11) is 3.02. The molecule has 0 aliphatic rings. The number of rotatable bonds is 5. The minimum atomic E-state index is -0.271. The van der Waals surface area contributed by atoms with E-state index >= 15 is 0 Å². The first-order valence-electron chi connectivity index (χ1n) is 5.50. The zero-order valence-electron chi connectivity index (χ0n) is 10.8. The van der Waals surface area contributed by atoms with E-state index in [0.29, 0.717) is 6.54 Å². The van der Waals surface area contributed by atoms with Crippen molar-refractivity contribution >= 4 is 5.97 Å². The van der Waals surface area contributed by atoms with Crippen molar-refractivity contribution in [3.8, 4) is 5.75 Å². The lowest BCUT2D eigenvalue weighted by molar-refractivity contribution is -0.139. The van der Waals surface area contributed by atoms with Crippen LogP contribution in [0.4, 0.5) is 0 Å². The third-order valence-corrected chi connectivity index (χ3v) is 2.71. The molecule has 0 aromatic heterocycles. The molecule has 1 aromatic carbocycles. The maximum atomic E-state index is 11.0. The monoisotopic (exact) mass is 237 g/mol. The molecule has 1 N–H and O–H groups in total. The van der Waals surface area contributed by atoms with Crippen LogP contribution in [0.1, 0.15) is 16.7 Å². The zero-order chi connectivity index (χ0) is 12.8. The van der Waals surface area contributed by atoms with Gasteiger partial charge >= 0.3 is 5.97 Å². The molecule has 0 unspecified atom stereocenters. The van der Waals surface area contributed by atoms with Crippen LogP contribution in [0.5, 0.6) is 5.75 Å². The molecular weight excluding hydrogens is 218 g/mol. The highest BCUT2D eigenvalue weighted by molar-refractivity contribution is 5.71. The molecule has 17 heavy (non-hydrogen) atoms. The summed E-state index contributed by atoms with van der Waals surface area (Å²) in [6.07, 6.45) is 0. The largest absolute Gasteiger partial charge is 0.496 e. The number of esters is 1. The fraction of sp³-hybridized carbons (Fsp3) is 0.462. The highest BCUT2D eigenvalue weighted by Gasteiger charge is 2.06. The van der Waals surface area contributed by atoms with E-state index in [2.05, 4.69) is 23.0 Å². The summed E-state index contributed by atoms with van der Waals surface area (Å²) < 4.78 is 9.86. The van der Waals surface area contributed by atoms with Crippen molar-refractivity contribution in [2.24, 2.45) is 0 Å². The lowest BCUT2D eigenvalue weighted by Gasteiger charge is -2.12. The molecule has 1 rings (SSSR count). The minimum absolute atomic E-state index is 0.201. The first kappa shape index (κ1) is 13.5. The summed E-state index contributed by atoms with van der Waals surface area (Å²) in [5.74, 6) is 0.568. The Morgan fingerprint density at radius 3 is 2.47 bits per heavy atom. The third kappa shape index (κ3) is 3.75. The zero-order valence-corrected chi connectivity index (χ0v) is 10.8. The standard InChI is InChI=1S/C13H19NO3/c1-9-5-11(7-14-8-13(15)17-4)12(16-3)6-10(9)2/h5-6,14H,7-8H2,1-4H3. The molecule has 4 nitrogen and oxygen atoms in total. The second-order valence-electron chi connectivity index (χ2n) is 3.93. The number of methoxy groups -OCH3 is 2. The topological polar surface area (TPSA) is 47.6 Å². The number of benzene rings is 1. The van der Waals surface area contributed by atoms with Gasteiger partial charge in [0.1, 0.15) is 5.75 Å². The van der Waals surface area contributed by atoms with Gasteiger partial charge in [-0.25, -0.2) is 0 Å². The molecule has 1 aromatic rings.